The monoisotopic (exact) mass is 327 g/mol. The van der Waals surface area contributed by atoms with Crippen LogP contribution in [0.4, 0.5) is 10.2 Å². The number of aromatic nitrogens is 4. The highest BCUT2D eigenvalue weighted by Gasteiger charge is 2.22. The Morgan fingerprint density at radius 3 is 2.54 bits per heavy atom. The van der Waals surface area contributed by atoms with Crippen molar-refractivity contribution in [2.45, 2.75) is 46.1 Å². The van der Waals surface area contributed by atoms with Gasteiger partial charge in [0.2, 0.25) is 0 Å². The van der Waals surface area contributed by atoms with Crippen molar-refractivity contribution >= 4 is 11.5 Å². The number of hydrogen-bond acceptors (Lipinski definition) is 4. The first-order valence-electron chi connectivity index (χ1n) is 8.01. The van der Waals surface area contributed by atoms with Crippen molar-refractivity contribution in [1.82, 2.24) is 19.8 Å². The molecule has 0 saturated heterocycles. The summed E-state index contributed by atoms with van der Waals surface area (Å²) < 4.78 is 15.5. The summed E-state index contributed by atoms with van der Waals surface area (Å²) >= 11 is 0. The van der Waals surface area contributed by atoms with E-state index in [0.29, 0.717) is 17.0 Å². The van der Waals surface area contributed by atoms with Gasteiger partial charge in [0.1, 0.15) is 11.6 Å². The second-order valence-electron chi connectivity index (χ2n) is 7.14. The van der Waals surface area contributed by atoms with Gasteiger partial charge in [-0.25, -0.2) is 4.39 Å². The van der Waals surface area contributed by atoms with Crippen LogP contribution in [0.2, 0.25) is 0 Å². The molecule has 0 spiro atoms. The van der Waals surface area contributed by atoms with Gasteiger partial charge in [-0.3, -0.25) is 0 Å². The predicted molar refractivity (Wildman–Crippen MR) is 92.7 cm³/mol. The number of nitrogens with one attached hydrogen (secondary N) is 1. The Morgan fingerprint density at radius 2 is 1.88 bits per heavy atom. The molecule has 1 atom stereocenters. The highest BCUT2D eigenvalue weighted by Crippen LogP contribution is 2.23. The molecule has 2 heterocycles. The fraction of sp³-hybridized carbons (Fsp3) is 0.389. The number of fused-ring (bicyclic) bond motifs is 1. The summed E-state index contributed by atoms with van der Waals surface area (Å²) in [6.07, 6.45) is 0. The van der Waals surface area contributed by atoms with E-state index in [0.717, 1.165) is 11.4 Å². The molecule has 1 aromatic carbocycles. The Bertz CT molecular complexity index is 879. The number of benzene rings is 1. The van der Waals surface area contributed by atoms with E-state index in [1.54, 1.807) is 23.6 Å². The molecular weight excluding hydrogens is 305 g/mol. The number of rotatable bonds is 3. The molecule has 0 bridgehead atoms. The SMILES string of the molecule is Cc1ccc(C(C)Nc2ccc3nnc(C(C)(C)C)n3n2)cc1F. The zero-order valence-corrected chi connectivity index (χ0v) is 14.6. The molecule has 0 aliphatic heterocycles. The Kier molecular flexibility index (Phi) is 3.99. The summed E-state index contributed by atoms with van der Waals surface area (Å²) in [5.41, 5.74) is 2.07. The van der Waals surface area contributed by atoms with E-state index in [2.05, 4.69) is 41.4 Å². The van der Waals surface area contributed by atoms with Crippen molar-refractivity contribution in [3.63, 3.8) is 0 Å². The minimum absolute atomic E-state index is 0.0698. The molecule has 0 aliphatic carbocycles. The lowest BCUT2D eigenvalue weighted by molar-refractivity contribution is 0.527. The van der Waals surface area contributed by atoms with Crippen LogP contribution >= 0.6 is 0 Å². The summed E-state index contributed by atoms with van der Waals surface area (Å²) in [7, 11) is 0. The highest BCUT2D eigenvalue weighted by molar-refractivity contribution is 5.46. The Morgan fingerprint density at radius 1 is 1.12 bits per heavy atom. The van der Waals surface area contributed by atoms with Crippen molar-refractivity contribution < 1.29 is 4.39 Å². The van der Waals surface area contributed by atoms with E-state index < -0.39 is 0 Å². The van der Waals surface area contributed by atoms with E-state index in [4.69, 9.17) is 0 Å². The van der Waals surface area contributed by atoms with E-state index in [1.165, 1.54) is 0 Å². The Balaban J connectivity index is 1.90. The fourth-order valence-electron chi connectivity index (χ4n) is 2.52. The molecule has 0 saturated carbocycles. The minimum Gasteiger partial charge on any atom is -0.362 e. The highest BCUT2D eigenvalue weighted by atomic mass is 19.1. The van der Waals surface area contributed by atoms with Crippen LogP contribution in [0.1, 0.15) is 50.7 Å². The zero-order valence-electron chi connectivity index (χ0n) is 14.6. The fourth-order valence-corrected chi connectivity index (χ4v) is 2.52. The van der Waals surface area contributed by atoms with E-state index >= 15 is 0 Å². The molecule has 0 fully saturated rings. The average molecular weight is 327 g/mol. The second kappa shape index (κ2) is 5.85. The molecule has 1 unspecified atom stereocenters. The van der Waals surface area contributed by atoms with Crippen LogP contribution in [-0.2, 0) is 5.41 Å². The molecule has 1 N–H and O–H groups in total. The molecule has 0 amide bonds. The third-order valence-electron chi connectivity index (χ3n) is 3.99. The van der Waals surface area contributed by atoms with Gasteiger partial charge >= 0.3 is 0 Å². The van der Waals surface area contributed by atoms with Crippen LogP contribution in [0.5, 0.6) is 0 Å². The van der Waals surface area contributed by atoms with Gasteiger partial charge in [-0.1, -0.05) is 32.9 Å². The standard InChI is InChI=1S/C18H22FN5/c1-11-6-7-13(10-14(11)19)12(2)20-15-8-9-16-21-22-17(18(3,4)5)24(16)23-15/h6-10,12H,1-5H3,(H,20,23). The summed E-state index contributed by atoms with van der Waals surface area (Å²) in [6.45, 7) is 9.95. The van der Waals surface area contributed by atoms with Gasteiger partial charge in [0.25, 0.3) is 0 Å². The van der Waals surface area contributed by atoms with Crippen molar-refractivity contribution in [1.29, 1.82) is 0 Å². The van der Waals surface area contributed by atoms with Crippen LogP contribution in [0.3, 0.4) is 0 Å². The van der Waals surface area contributed by atoms with Gasteiger partial charge < -0.3 is 5.32 Å². The molecule has 126 valence electrons. The second-order valence-corrected chi connectivity index (χ2v) is 7.14. The van der Waals surface area contributed by atoms with Gasteiger partial charge in [0, 0.05) is 5.41 Å². The van der Waals surface area contributed by atoms with Crippen molar-refractivity contribution in [2.75, 3.05) is 5.32 Å². The maximum Gasteiger partial charge on any atom is 0.178 e. The van der Waals surface area contributed by atoms with Gasteiger partial charge in [0.05, 0.1) is 6.04 Å². The minimum atomic E-state index is -0.196. The largest absolute Gasteiger partial charge is 0.362 e. The van der Waals surface area contributed by atoms with E-state index in [-0.39, 0.29) is 17.3 Å². The van der Waals surface area contributed by atoms with E-state index in [1.807, 2.05) is 25.1 Å². The number of anilines is 1. The van der Waals surface area contributed by atoms with Gasteiger partial charge in [-0.05, 0) is 43.2 Å². The maximum atomic E-state index is 13.8. The van der Waals surface area contributed by atoms with Crippen molar-refractivity contribution in [3.8, 4) is 0 Å². The average Bonchev–Trinajstić information content (AvgIpc) is 2.93. The maximum absolute atomic E-state index is 13.8. The number of halogens is 1. The number of hydrogen-bond donors (Lipinski definition) is 1. The third-order valence-corrected chi connectivity index (χ3v) is 3.99. The molecule has 0 radical (unpaired) electrons. The summed E-state index contributed by atoms with van der Waals surface area (Å²) in [5.74, 6) is 1.30. The van der Waals surface area contributed by atoms with Gasteiger partial charge in [-0.15, -0.1) is 15.3 Å². The van der Waals surface area contributed by atoms with Crippen LogP contribution < -0.4 is 5.32 Å². The van der Waals surface area contributed by atoms with Crippen molar-refractivity contribution in [3.05, 3.63) is 53.1 Å². The predicted octanol–water partition coefficient (Wildman–Crippen LogP) is 4.04. The zero-order chi connectivity index (χ0) is 17.5. The van der Waals surface area contributed by atoms with Crippen LogP contribution in [0.15, 0.2) is 30.3 Å². The first-order valence-corrected chi connectivity index (χ1v) is 8.01. The lowest BCUT2D eigenvalue weighted by atomic mass is 9.96. The quantitative estimate of drug-likeness (QED) is 0.789. The molecule has 2 aromatic heterocycles. The smallest absolute Gasteiger partial charge is 0.178 e. The van der Waals surface area contributed by atoms with Gasteiger partial charge in [-0.2, -0.15) is 4.52 Å². The van der Waals surface area contributed by atoms with Crippen LogP contribution in [-0.4, -0.2) is 19.8 Å². The van der Waals surface area contributed by atoms with Crippen molar-refractivity contribution in [2.24, 2.45) is 0 Å². The topological polar surface area (TPSA) is 55.1 Å². The molecule has 0 aliphatic rings. The molecular formula is C18H22FN5. The van der Waals surface area contributed by atoms with E-state index in [9.17, 15) is 4.39 Å². The summed E-state index contributed by atoms with van der Waals surface area (Å²) in [4.78, 5) is 0. The lowest BCUT2D eigenvalue weighted by Crippen LogP contribution is -2.18. The lowest BCUT2D eigenvalue weighted by Gasteiger charge is -2.17. The summed E-state index contributed by atoms with van der Waals surface area (Å²) in [6, 6.07) is 8.94. The Hall–Kier alpha value is -2.50. The van der Waals surface area contributed by atoms with Crippen LogP contribution in [0.25, 0.3) is 5.65 Å². The normalized spacial score (nSPS) is 13.2. The number of nitrogens with zero attached hydrogens (tertiary/aromatic N) is 4. The molecule has 6 heteroatoms. The number of aryl methyl sites for hydroxylation is 1. The molecule has 24 heavy (non-hydrogen) atoms. The van der Waals surface area contributed by atoms with Crippen LogP contribution in [0, 0.1) is 12.7 Å². The first kappa shape index (κ1) is 16.4. The summed E-state index contributed by atoms with van der Waals surface area (Å²) in [5, 5.41) is 16.3. The van der Waals surface area contributed by atoms with Gasteiger partial charge in [0.15, 0.2) is 11.5 Å². The molecule has 3 rings (SSSR count). The molecule has 5 nitrogen and oxygen atoms in total. The molecule has 3 aromatic rings. The Labute approximate surface area is 140 Å². The third kappa shape index (κ3) is 3.09. The first-order chi connectivity index (χ1) is 11.3.